The van der Waals surface area contributed by atoms with Gasteiger partial charge in [0.1, 0.15) is 0 Å². The molecule has 1 amide bonds. The predicted molar refractivity (Wildman–Crippen MR) is 83.0 cm³/mol. The number of hydrogen-bond acceptors (Lipinski definition) is 4. The summed E-state index contributed by atoms with van der Waals surface area (Å²) in [5.74, 6) is 2.14. The Labute approximate surface area is 134 Å². The summed E-state index contributed by atoms with van der Waals surface area (Å²) in [6.07, 6.45) is 5.27. The van der Waals surface area contributed by atoms with Gasteiger partial charge in [-0.1, -0.05) is 6.07 Å². The predicted octanol–water partition coefficient (Wildman–Crippen LogP) is 2.44. The van der Waals surface area contributed by atoms with E-state index in [1.807, 2.05) is 23.1 Å². The highest BCUT2D eigenvalue weighted by molar-refractivity contribution is 5.92. The van der Waals surface area contributed by atoms with Crippen LogP contribution in [0.5, 0.6) is 11.5 Å². The van der Waals surface area contributed by atoms with E-state index in [0.29, 0.717) is 25.2 Å². The average Bonchev–Trinajstić information content (AvgIpc) is 3.18. The standard InChI is InChI=1S/C18H19NO4/c20-14-4-3-13-7-8-19(15(13)10-14)18(21)6-2-12-1-5-16-17(9-12)23-11-22-16/h1,5,9-10,13H,2-4,6-8,11H2. The molecule has 1 saturated heterocycles. The molecule has 0 saturated carbocycles. The zero-order valence-corrected chi connectivity index (χ0v) is 12.9. The maximum absolute atomic E-state index is 12.5. The largest absolute Gasteiger partial charge is 0.454 e. The Balaban J connectivity index is 1.41. The molecule has 0 bridgehead atoms. The number of carbonyl (C=O) groups is 2. The van der Waals surface area contributed by atoms with E-state index < -0.39 is 0 Å². The molecule has 1 fully saturated rings. The lowest BCUT2D eigenvalue weighted by molar-refractivity contribution is -0.128. The second kappa shape index (κ2) is 5.72. The Morgan fingerprint density at radius 1 is 1.22 bits per heavy atom. The molecule has 1 aromatic carbocycles. The number of ether oxygens (including phenoxy) is 2. The molecule has 1 atom stereocenters. The van der Waals surface area contributed by atoms with E-state index in [0.717, 1.165) is 42.1 Å². The van der Waals surface area contributed by atoms with Crippen LogP contribution in [0.4, 0.5) is 0 Å². The number of hydrogen-bond donors (Lipinski definition) is 0. The topological polar surface area (TPSA) is 55.8 Å². The Kier molecular flexibility index (Phi) is 3.56. The van der Waals surface area contributed by atoms with Gasteiger partial charge in [-0.25, -0.2) is 0 Å². The van der Waals surface area contributed by atoms with Gasteiger partial charge in [0, 0.05) is 37.1 Å². The van der Waals surface area contributed by atoms with Gasteiger partial charge >= 0.3 is 0 Å². The first kappa shape index (κ1) is 14.3. The fourth-order valence-corrected chi connectivity index (χ4v) is 3.58. The van der Waals surface area contributed by atoms with Gasteiger partial charge in [0.05, 0.1) is 0 Å². The van der Waals surface area contributed by atoms with Gasteiger partial charge in [-0.3, -0.25) is 9.59 Å². The molecular weight excluding hydrogens is 294 g/mol. The van der Waals surface area contributed by atoms with Crippen molar-refractivity contribution in [2.24, 2.45) is 5.92 Å². The number of benzene rings is 1. The highest BCUT2D eigenvalue weighted by Crippen LogP contribution is 2.36. The van der Waals surface area contributed by atoms with E-state index >= 15 is 0 Å². The maximum atomic E-state index is 12.5. The van der Waals surface area contributed by atoms with Crippen molar-refractivity contribution in [3.8, 4) is 11.5 Å². The smallest absolute Gasteiger partial charge is 0.231 e. The van der Waals surface area contributed by atoms with Crippen LogP contribution in [0.15, 0.2) is 30.0 Å². The molecule has 5 nitrogen and oxygen atoms in total. The molecule has 0 aromatic heterocycles. The number of fused-ring (bicyclic) bond motifs is 2. The first-order valence-electron chi connectivity index (χ1n) is 8.14. The van der Waals surface area contributed by atoms with Gasteiger partial charge in [-0.15, -0.1) is 0 Å². The molecule has 23 heavy (non-hydrogen) atoms. The minimum atomic E-state index is 0.103. The lowest BCUT2D eigenvalue weighted by atomic mass is 9.92. The summed E-state index contributed by atoms with van der Waals surface area (Å²) in [5, 5.41) is 0. The molecule has 0 spiro atoms. The second-order valence-corrected chi connectivity index (χ2v) is 6.29. The van der Waals surface area contributed by atoms with E-state index in [1.165, 1.54) is 0 Å². The SMILES string of the molecule is O=C1C=C2C(CC1)CCN2C(=O)CCc1ccc2c(c1)OCO2. The van der Waals surface area contributed by atoms with Crippen molar-refractivity contribution >= 4 is 11.7 Å². The van der Waals surface area contributed by atoms with Gasteiger partial charge in [0.25, 0.3) is 0 Å². The van der Waals surface area contributed by atoms with Gasteiger partial charge in [0.15, 0.2) is 17.3 Å². The van der Waals surface area contributed by atoms with Crippen molar-refractivity contribution in [1.29, 1.82) is 0 Å². The van der Waals surface area contributed by atoms with Crippen LogP contribution in [0.25, 0.3) is 0 Å². The van der Waals surface area contributed by atoms with E-state index in [9.17, 15) is 9.59 Å². The number of carbonyl (C=O) groups excluding carboxylic acids is 2. The van der Waals surface area contributed by atoms with E-state index in [4.69, 9.17) is 9.47 Å². The van der Waals surface area contributed by atoms with Crippen molar-refractivity contribution in [3.05, 3.63) is 35.5 Å². The van der Waals surface area contributed by atoms with Crippen LogP contribution in [0, 0.1) is 5.92 Å². The summed E-state index contributed by atoms with van der Waals surface area (Å²) in [6.45, 7) is 0.999. The molecular formula is C18H19NO4. The van der Waals surface area contributed by atoms with E-state index in [1.54, 1.807) is 6.08 Å². The summed E-state index contributed by atoms with van der Waals surface area (Å²) in [7, 11) is 0. The summed E-state index contributed by atoms with van der Waals surface area (Å²) in [6, 6.07) is 5.79. The third kappa shape index (κ3) is 2.71. The van der Waals surface area contributed by atoms with Gasteiger partial charge in [-0.05, 0) is 37.0 Å². The lowest BCUT2D eigenvalue weighted by Gasteiger charge is -2.23. The lowest BCUT2D eigenvalue weighted by Crippen LogP contribution is -2.29. The Bertz CT molecular complexity index is 694. The number of ketones is 1. The van der Waals surface area contributed by atoms with Crippen molar-refractivity contribution in [1.82, 2.24) is 4.90 Å². The van der Waals surface area contributed by atoms with Crippen molar-refractivity contribution < 1.29 is 19.1 Å². The van der Waals surface area contributed by atoms with Crippen LogP contribution in [0.1, 0.15) is 31.2 Å². The maximum Gasteiger partial charge on any atom is 0.231 e. The quantitative estimate of drug-likeness (QED) is 0.860. The van der Waals surface area contributed by atoms with Crippen LogP contribution in [0.2, 0.25) is 0 Å². The highest BCUT2D eigenvalue weighted by atomic mass is 16.7. The van der Waals surface area contributed by atoms with Gasteiger partial charge in [-0.2, -0.15) is 0 Å². The summed E-state index contributed by atoms with van der Waals surface area (Å²) >= 11 is 0. The number of aryl methyl sites for hydroxylation is 1. The molecule has 120 valence electrons. The average molecular weight is 313 g/mol. The molecule has 1 aromatic rings. The zero-order chi connectivity index (χ0) is 15.8. The number of rotatable bonds is 3. The van der Waals surface area contributed by atoms with Crippen LogP contribution < -0.4 is 9.47 Å². The second-order valence-electron chi connectivity index (χ2n) is 6.29. The van der Waals surface area contributed by atoms with Crippen LogP contribution in [-0.4, -0.2) is 29.9 Å². The third-order valence-electron chi connectivity index (χ3n) is 4.84. The Morgan fingerprint density at radius 3 is 3.00 bits per heavy atom. The van der Waals surface area contributed by atoms with Gasteiger partial charge < -0.3 is 14.4 Å². The minimum Gasteiger partial charge on any atom is -0.454 e. The summed E-state index contributed by atoms with van der Waals surface area (Å²) in [4.78, 5) is 26.0. The molecule has 1 unspecified atom stereocenters. The zero-order valence-electron chi connectivity index (χ0n) is 12.9. The van der Waals surface area contributed by atoms with E-state index in [2.05, 4.69) is 0 Å². The van der Waals surface area contributed by atoms with Crippen LogP contribution in [0.3, 0.4) is 0 Å². The molecule has 2 heterocycles. The van der Waals surface area contributed by atoms with Crippen molar-refractivity contribution in [2.45, 2.75) is 32.1 Å². The monoisotopic (exact) mass is 313 g/mol. The highest BCUT2D eigenvalue weighted by Gasteiger charge is 2.34. The number of likely N-dealkylation sites (tertiary alicyclic amines) is 1. The fraction of sp³-hybridized carbons (Fsp3) is 0.444. The molecule has 1 aliphatic carbocycles. The summed E-state index contributed by atoms with van der Waals surface area (Å²) in [5.41, 5.74) is 2.00. The third-order valence-corrected chi connectivity index (χ3v) is 4.84. The number of allylic oxidation sites excluding steroid dienone is 2. The molecule has 2 aliphatic heterocycles. The normalized spacial score (nSPS) is 22.1. The van der Waals surface area contributed by atoms with Gasteiger partial charge in [0.2, 0.25) is 12.7 Å². The van der Waals surface area contributed by atoms with Crippen LogP contribution in [-0.2, 0) is 16.0 Å². The number of nitrogens with zero attached hydrogens (tertiary/aromatic N) is 1. The molecule has 5 heteroatoms. The van der Waals surface area contributed by atoms with Crippen molar-refractivity contribution in [3.63, 3.8) is 0 Å². The van der Waals surface area contributed by atoms with Crippen molar-refractivity contribution in [2.75, 3.05) is 13.3 Å². The Morgan fingerprint density at radius 2 is 2.09 bits per heavy atom. The number of amides is 1. The molecule has 4 rings (SSSR count). The minimum absolute atomic E-state index is 0.103. The van der Waals surface area contributed by atoms with E-state index in [-0.39, 0.29) is 18.5 Å². The molecule has 0 radical (unpaired) electrons. The van der Waals surface area contributed by atoms with Crippen LogP contribution >= 0.6 is 0 Å². The first-order valence-corrected chi connectivity index (χ1v) is 8.14. The fourth-order valence-electron chi connectivity index (χ4n) is 3.58. The Hall–Kier alpha value is -2.30. The molecule has 0 N–H and O–H groups in total. The first-order chi connectivity index (χ1) is 11.2. The molecule has 3 aliphatic rings. The summed E-state index contributed by atoms with van der Waals surface area (Å²) < 4.78 is 10.7.